The zero-order chi connectivity index (χ0) is 13.4. The van der Waals surface area contributed by atoms with Gasteiger partial charge in [-0.2, -0.15) is 4.98 Å². The van der Waals surface area contributed by atoms with Crippen LogP contribution in [0.3, 0.4) is 0 Å². The topological polar surface area (TPSA) is 73.8 Å². The van der Waals surface area contributed by atoms with Gasteiger partial charge in [-0.3, -0.25) is 9.36 Å². The molecule has 98 valence electrons. The van der Waals surface area contributed by atoms with Crippen molar-refractivity contribution >= 4 is 33.3 Å². The van der Waals surface area contributed by atoms with Gasteiger partial charge in [-0.1, -0.05) is 16.9 Å². The highest BCUT2D eigenvalue weighted by Crippen LogP contribution is 2.22. The van der Waals surface area contributed by atoms with E-state index in [2.05, 4.69) is 15.1 Å². The SMILES string of the molecule is Cc1nc(CSc2nc3sccc3c(=O)n2C)no1. The van der Waals surface area contributed by atoms with Gasteiger partial charge in [-0.25, -0.2) is 4.98 Å². The van der Waals surface area contributed by atoms with E-state index in [1.54, 1.807) is 24.6 Å². The summed E-state index contributed by atoms with van der Waals surface area (Å²) in [6.45, 7) is 1.74. The van der Waals surface area contributed by atoms with Gasteiger partial charge in [0.2, 0.25) is 5.89 Å². The number of rotatable bonds is 3. The Bertz CT molecular complexity index is 789. The van der Waals surface area contributed by atoms with Crippen molar-refractivity contribution in [3.05, 3.63) is 33.5 Å². The van der Waals surface area contributed by atoms with Crippen LogP contribution in [0.4, 0.5) is 0 Å². The van der Waals surface area contributed by atoms with Crippen LogP contribution in [0.25, 0.3) is 10.2 Å². The Hall–Kier alpha value is -1.67. The maximum Gasteiger partial charge on any atom is 0.262 e. The molecule has 0 bridgehead atoms. The van der Waals surface area contributed by atoms with Crippen LogP contribution in [0.15, 0.2) is 25.9 Å². The first kappa shape index (κ1) is 12.4. The lowest BCUT2D eigenvalue weighted by molar-refractivity contribution is 0.389. The lowest BCUT2D eigenvalue weighted by Gasteiger charge is -2.05. The minimum Gasteiger partial charge on any atom is -0.340 e. The van der Waals surface area contributed by atoms with Crippen LogP contribution in [0, 0.1) is 6.92 Å². The average Bonchev–Trinajstić information content (AvgIpc) is 3.01. The van der Waals surface area contributed by atoms with E-state index in [4.69, 9.17) is 4.52 Å². The van der Waals surface area contributed by atoms with Gasteiger partial charge in [0.25, 0.3) is 5.56 Å². The Morgan fingerprint density at radius 1 is 1.47 bits per heavy atom. The fourth-order valence-electron chi connectivity index (χ4n) is 1.64. The van der Waals surface area contributed by atoms with E-state index in [1.807, 2.05) is 5.38 Å². The summed E-state index contributed by atoms with van der Waals surface area (Å²) < 4.78 is 6.45. The summed E-state index contributed by atoms with van der Waals surface area (Å²) in [7, 11) is 1.72. The first-order chi connectivity index (χ1) is 9.15. The molecule has 3 rings (SSSR count). The minimum absolute atomic E-state index is 0.0296. The number of fused-ring (bicyclic) bond motifs is 1. The number of aromatic nitrogens is 4. The van der Waals surface area contributed by atoms with Crippen molar-refractivity contribution in [3.63, 3.8) is 0 Å². The molecule has 0 saturated carbocycles. The molecule has 0 aliphatic rings. The Labute approximate surface area is 116 Å². The molecule has 19 heavy (non-hydrogen) atoms. The molecule has 6 nitrogen and oxygen atoms in total. The fraction of sp³-hybridized carbons (Fsp3) is 0.273. The first-order valence-electron chi connectivity index (χ1n) is 5.51. The van der Waals surface area contributed by atoms with Crippen molar-refractivity contribution < 1.29 is 4.52 Å². The second kappa shape index (κ2) is 4.78. The van der Waals surface area contributed by atoms with Gasteiger partial charge in [0.15, 0.2) is 11.0 Å². The van der Waals surface area contributed by atoms with Crippen molar-refractivity contribution in [2.75, 3.05) is 0 Å². The molecule has 0 aliphatic heterocycles. The lowest BCUT2D eigenvalue weighted by Crippen LogP contribution is -2.19. The summed E-state index contributed by atoms with van der Waals surface area (Å²) in [5.74, 6) is 1.66. The quantitative estimate of drug-likeness (QED) is 0.543. The zero-order valence-electron chi connectivity index (χ0n) is 10.3. The predicted molar refractivity (Wildman–Crippen MR) is 73.5 cm³/mol. The van der Waals surface area contributed by atoms with E-state index in [0.717, 1.165) is 4.83 Å². The second-order valence-corrected chi connectivity index (χ2v) is 5.75. The highest BCUT2D eigenvalue weighted by Gasteiger charge is 2.11. The fourth-order valence-corrected chi connectivity index (χ4v) is 3.26. The Kier molecular flexibility index (Phi) is 3.11. The number of aryl methyl sites for hydroxylation is 1. The third-order valence-electron chi connectivity index (χ3n) is 2.56. The maximum absolute atomic E-state index is 12.1. The number of nitrogens with zero attached hydrogens (tertiary/aromatic N) is 4. The zero-order valence-corrected chi connectivity index (χ0v) is 11.9. The lowest BCUT2D eigenvalue weighted by atomic mass is 10.4. The molecular weight excluding hydrogens is 284 g/mol. The van der Waals surface area contributed by atoms with Gasteiger partial charge in [-0.15, -0.1) is 11.3 Å². The summed E-state index contributed by atoms with van der Waals surface area (Å²) >= 11 is 2.88. The molecule has 0 fully saturated rings. The molecule has 0 amide bonds. The van der Waals surface area contributed by atoms with Crippen molar-refractivity contribution in [2.45, 2.75) is 17.8 Å². The first-order valence-corrected chi connectivity index (χ1v) is 7.38. The molecule has 0 spiro atoms. The van der Waals surface area contributed by atoms with Crippen LogP contribution >= 0.6 is 23.1 Å². The smallest absolute Gasteiger partial charge is 0.262 e. The summed E-state index contributed by atoms with van der Waals surface area (Å²) in [5.41, 5.74) is -0.0296. The molecular formula is C11H10N4O2S2. The monoisotopic (exact) mass is 294 g/mol. The maximum atomic E-state index is 12.1. The van der Waals surface area contributed by atoms with E-state index in [9.17, 15) is 4.79 Å². The molecule has 0 radical (unpaired) electrons. The van der Waals surface area contributed by atoms with Gasteiger partial charge in [0.1, 0.15) is 4.83 Å². The molecule has 0 N–H and O–H groups in total. The van der Waals surface area contributed by atoms with Crippen LogP contribution < -0.4 is 5.56 Å². The van der Waals surface area contributed by atoms with E-state index in [1.165, 1.54) is 23.1 Å². The summed E-state index contributed by atoms with van der Waals surface area (Å²) in [6, 6.07) is 1.80. The van der Waals surface area contributed by atoms with Crippen LogP contribution in [-0.2, 0) is 12.8 Å². The van der Waals surface area contributed by atoms with E-state index < -0.39 is 0 Å². The normalized spacial score (nSPS) is 11.3. The Morgan fingerprint density at radius 2 is 2.32 bits per heavy atom. The van der Waals surface area contributed by atoms with Crippen molar-refractivity contribution in [2.24, 2.45) is 7.05 Å². The Balaban J connectivity index is 1.92. The van der Waals surface area contributed by atoms with Crippen molar-refractivity contribution in [1.29, 1.82) is 0 Å². The average molecular weight is 294 g/mol. The van der Waals surface area contributed by atoms with Crippen LogP contribution in [-0.4, -0.2) is 19.7 Å². The molecule has 0 atom stereocenters. The number of thiophene rings is 1. The highest BCUT2D eigenvalue weighted by molar-refractivity contribution is 7.98. The third kappa shape index (κ3) is 2.28. The number of hydrogen-bond acceptors (Lipinski definition) is 7. The predicted octanol–water partition coefficient (Wildman–Crippen LogP) is 1.98. The molecule has 0 saturated heterocycles. The molecule has 3 aromatic heterocycles. The molecule has 3 aromatic rings. The van der Waals surface area contributed by atoms with Gasteiger partial charge in [0.05, 0.1) is 11.1 Å². The number of hydrogen-bond donors (Lipinski definition) is 0. The second-order valence-electron chi connectivity index (χ2n) is 3.92. The van der Waals surface area contributed by atoms with Crippen LogP contribution in [0.5, 0.6) is 0 Å². The molecule has 0 aromatic carbocycles. The minimum atomic E-state index is -0.0296. The molecule has 3 heterocycles. The van der Waals surface area contributed by atoms with E-state index in [0.29, 0.717) is 28.0 Å². The van der Waals surface area contributed by atoms with Gasteiger partial charge in [0, 0.05) is 14.0 Å². The molecule has 8 heteroatoms. The van der Waals surface area contributed by atoms with Gasteiger partial charge < -0.3 is 4.52 Å². The van der Waals surface area contributed by atoms with Crippen molar-refractivity contribution in [3.8, 4) is 0 Å². The Morgan fingerprint density at radius 3 is 3.05 bits per heavy atom. The third-order valence-corrected chi connectivity index (χ3v) is 4.40. The summed E-state index contributed by atoms with van der Waals surface area (Å²) in [5, 5.41) is 7.00. The molecule has 0 unspecified atom stereocenters. The number of thioether (sulfide) groups is 1. The van der Waals surface area contributed by atoms with Gasteiger partial charge in [-0.05, 0) is 11.4 Å². The van der Waals surface area contributed by atoms with Crippen molar-refractivity contribution in [1.82, 2.24) is 19.7 Å². The van der Waals surface area contributed by atoms with E-state index >= 15 is 0 Å². The summed E-state index contributed by atoms with van der Waals surface area (Å²) in [6.07, 6.45) is 0. The van der Waals surface area contributed by atoms with Crippen LogP contribution in [0.2, 0.25) is 0 Å². The highest BCUT2D eigenvalue weighted by atomic mass is 32.2. The van der Waals surface area contributed by atoms with Crippen LogP contribution in [0.1, 0.15) is 11.7 Å². The largest absolute Gasteiger partial charge is 0.340 e. The molecule has 0 aliphatic carbocycles. The van der Waals surface area contributed by atoms with Gasteiger partial charge >= 0.3 is 0 Å². The standard InChI is InChI=1S/C11H10N4O2S2/c1-6-12-8(14-17-6)5-19-11-13-9-7(3-4-18-9)10(16)15(11)2/h3-4H,5H2,1-2H3. The summed E-state index contributed by atoms with van der Waals surface area (Å²) in [4.78, 5) is 21.4. The van der Waals surface area contributed by atoms with E-state index in [-0.39, 0.29) is 5.56 Å².